The predicted molar refractivity (Wildman–Crippen MR) is 112 cm³/mol. The minimum atomic E-state index is -0.0563. The molecule has 0 saturated heterocycles. The first kappa shape index (κ1) is 20.3. The van der Waals surface area contributed by atoms with Crippen molar-refractivity contribution in [2.45, 2.75) is 27.2 Å². The van der Waals surface area contributed by atoms with Gasteiger partial charge in [-0.3, -0.25) is 9.69 Å². The fourth-order valence-corrected chi connectivity index (χ4v) is 2.85. The normalized spacial score (nSPS) is 11.0. The first-order valence-corrected chi connectivity index (χ1v) is 9.26. The molecule has 1 amide bonds. The van der Waals surface area contributed by atoms with E-state index in [0.29, 0.717) is 33.5 Å². The summed E-state index contributed by atoms with van der Waals surface area (Å²) < 4.78 is 0. The number of aliphatic imine (C=N–C) groups is 1. The molecule has 0 saturated carbocycles. The molecule has 2 rings (SSSR count). The van der Waals surface area contributed by atoms with E-state index < -0.39 is 0 Å². The van der Waals surface area contributed by atoms with Gasteiger partial charge >= 0.3 is 0 Å². The highest BCUT2D eigenvalue weighted by Gasteiger charge is 2.21. The Morgan fingerprint density at radius 3 is 2.42 bits per heavy atom. The Hall–Kier alpha value is -2.04. The van der Waals surface area contributed by atoms with Crippen LogP contribution in [0.5, 0.6) is 0 Å². The molecule has 0 heterocycles. The lowest BCUT2D eigenvalue weighted by molar-refractivity contribution is -0.117. The Balaban J connectivity index is 2.53. The van der Waals surface area contributed by atoms with E-state index in [0.717, 1.165) is 12.1 Å². The van der Waals surface area contributed by atoms with Gasteiger partial charge in [0.1, 0.15) is 0 Å². The molecule has 4 nitrogen and oxygen atoms in total. The van der Waals surface area contributed by atoms with E-state index in [9.17, 15) is 4.79 Å². The zero-order valence-corrected chi connectivity index (χ0v) is 17.0. The Labute approximate surface area is 165 Å². The molecule has 0 bridgehead atoms. The predicted octanol–water partition coefficient (Wildman–Crippen LogP) is 5.99. The van der Waals surface area contributed by atoms with E-state index in [1.54, 1.807) is 23.4 Å². The van der Waals surface area contributed by atoms with E-state index in [1.165, 1.54) is 0 Å². The zero-order valence-electron chi connectivity index (χ0n) is 15.5. The van der Waals surface area contributed by atoms with Gasteiger partial charge in [-0.15, -0.1) is 0 Å². The molecular weight excluding hydrogens is 369 g/mol. The number of amides is 1. The van der Waals surface area contributed by atoms with Crippen LogP contribution in [-0.4, -0.2) is 30.7 Å². The van der Waals surface area contributed by atoms with Crippen LogP contribution in [0.25, 0.3) is 0 Å². The van der Waals surface area contributed by atoms with Crippen LogP contribution in [0.1, 0.15) is 25.8 Å². The van der Waals surface area contributed by atoms with Gasteiger partial charge in [0.05, 0.1) is 33.4 Å². The summed E-state index contributed by atoms with van der Waals surface area (Å²) in [5, 5.41) is 0.990. The van der Waals surface area contributed by atoms with Crippen molar-refractivity contribution in [3.8, 4) is 0 Å². The molecule has 26 heavy (non-hydrogen) atoms. The Morgan fingerprint density at radius 2 is 1.81 bits per heavy atom. The zero-order chi connectivity index (χ0) is 19.3. The third kappa shape index (κ3) is 4.57. The van der Waals surface area contributed by atoms with Crippen LogP contribution in [0.3, 0.4) is 0 Å². The standard InChI is InChI=1S/C20H23Cl2N3O/c1-5-20(26)25(18-10-8-7-9-15(18)21)19-12-16(22)17(11-14(19)3)23-13-24(4)6-2/h7-13H,5-6H2,1-4H3. The topological polar surface area (TPSA) is 35.9 Å². The summed E-state index contributed by atoms with van der Waals surface area (Å²) in [5.74, 6) is -0.0563. The number of hydrogen-bond acceptors (Lipinski definition) is 2. The monoisotopic (exact) mass is 391 g/mol. The number of benzene rings is 2. The van der Waals surface area contributed by atoms with Crippen molar-refractivity contribution in [1.82, 2.24) is 4.90 Å². The van der Waals surface area contributed by atoms with Crippen molar-refractivity contribution >= 4 is 52.5 Å². The van der Waals surface area contributed by atoms with Gasteiger partial charge in [0.2, 0.25) is 5.91 Å². The van der Waals surface area contributed by atoms with Gasteiger partial charge in [-0.05, 0) is 43.7 Å². The van der Waals surface area contributed by atoms with Crippen LogP contribution in [0, 0.1) is 6.92 Å². The second-order valence-corrected chi connectivity index (χ2v) is 6.76. The number of anilines is 2. The Morgan fingerprint density at radius 1 is 1.12 bits per heavy atom. The van der Waals surface area contributed by atoms with Gasteiger partial charge < -0.3 is 4.90 Å². The number of para-hydroxylation sites is 1. The second-order valence-electron chi connectivity index (χ2n) is 5.94. The number of carbonyl (C=O) groups excluding carboxylic acids is 1. The summed E-state index contributed by atoms with van der Waals surface area (Å²) in [6.45, 7) is 6.65. The molecule has 6 heteroatoms. The fraction of sp³-hybridized carbons (Fsp3) is 0.300. The lowest BCUT2D eigenvalue weighted by Gasteiger charge is -2.26. The van der Waals surface area contributed by atoms with Crippen molar-refractivity contribution in [3.63, 3.8) is 0 Å². The molecular formula is C20H23Cl2N3O. The summed E-state index contributed by atoms with van der Waals surface area (Å²) >= 11 is 12.8. The number of aryl methyl sites for hydroxylation is 1. The molecule has 0 unspecified atom stereocenters. The van der Waals surface area contributed by atoms with Gasteiger partial charge in [-0.25, -0.2) is 4.99 Å². The summed E-state index contributed by atoms with van der Waals surface area (Å²) in [6, 6.07) is 10.9. The molecule has 0 atom stereocenters. The first-order chi connectivity index (χ1) is 12.4. The molecule has 0 fully saturated rings. The van der Waals surface area contributed by atoms with E-state index in [1.807, 2.05) is 57.0 Å². The molecule has 2 aromatic carbocycles. The van der Waals surface area contributed by atoms with Crippen LogP contribution in [0.2, 0.25) is 10.0 Å². The fourth-order valence-electron chi connectivity index (χ4n) is 2.43. The lowest BCUT2D eigenvalue weighted by Crippen LogP contribution is -2.26. The van der Waals surface area contributed by atoms with Gasteiger partial charge in [0.25, 0.3) is 0 Å². The maximum absolute atomic E-state index is 12.7. The highest BCUT2D eigenvalue weighted by Crippen LogP contribution is 2.38. The van der Waals surface area contributed by atoms with Crippen molar-refractivity contribution in [3.05, 3.63) is 52.0 Å². The third-order valence-electron chi connectivity index (χ3n) is 4.04. The summed E-state index contributed by atoms with van der Waals surface area (Å²) in [5.41, 5.74) is 2.90. The molecule has 0 aromatic heterocycles. The average Bonchev–Trinajstić information content (AvgIpc) is 2.64. The van der Waals surface area contributed by atoms with Gasteiger partial charge in [-0.2, -0.15) is 0 Å². The highest BCUT2D eigenvalue weighted by molar-refractivity contribution is 6.35. The number of hydrogen-bond donors (Lipinski definition) is 0. The number of nitrogens with zero attached hydrogens (tertiary/aromatic N) is 3. The second kappa shape index (κ2) is 9.06. The number of halogens is 2. The van der Waals surface area contributed by atoms with Crippen LogP contribution in [0.4, 0.5) is 17.1 Å². The van der Waals surface area contributed by atoms with E-state index in [2.05, 4.69) is 4.99 Å². The largest absolute Gasteiger partial charge is 0.366 e. The van der Waals surface area contributed by atoms with Crippen molar-refractivity contribution < 1.29 is 4.79 Å². The lowest BCUT2D eigenvalue weighted by atomic mass is 10.1. The smallest absolute Gasteiger partial charge is 0.231 e. The van der Waals surface area contributed by atoms with Crippen LogP contribution in [-0.2, 0) is 4.79 Å². The van der Waals surface area contributed by atoms with E-state index in [-0.39, 0.29) is 5.91 Å². The minimum Gasteiger partial charge on any atom is -0.366 e. The molecule has 2 aromatic rings. The maximum atomic E-state index is 12.7. The van der Waals surface area contributed by atoms with Gasteiger partial charge in [0.15, 0.2) is 0 Å². The minimum absolute atomic E-state index is 0.0563. The maximum Gasteiger partial charge on any atom is 0.231 e. The van der Waals surface area contributed by atoms with E-state index >= 15 is 0 Å². The number of carbonyl (C=O) groups is 1. The average molecular weight is 392 g/mol. The molecule has 0 aliphatic heterocycles. The molecule has 0 aliphatic rings. The van der Waals surface area contributed by atoms with Gasteiger partial charge in [-0.1, -0.05) is 42.3 Å². The third-order valence-corrected chi connectivity index (χ3v) is 4.67. The molecule has 0 spiro atoms. The summed E-state index contributed by atoms with van der Waals surface area (Å²) in [7, 11) is 1.94. The van der Waals surface area contributed by atoms with Gasteiger partial charge in [0, 0.05) is 20.0 Å². The van der Waals surface area contributed by atoms with Crippen LogP contribution < -0.4 is 4.90 Å². The molecule has 138 valence electrons. The van der Waals surface area contributed by atoms with Crippen molar-refractivity contribution in [2.75, 3.05) is 18.5 Å². The number of rotatable bonds is 6. The molecule has 0 N–H and O–H groups in total. The van der Waals surface area contributed by atoms with Crippen LogP contribution in [0.15, 0.2) is 41.4 Å². The first-order valence-electron chi connectivity index (χ1n) is 8.51. The van der Waals surface area contributed by atoms with Crippen molar-refractivity contribution in [2.24, 2.45) is 4.99 Å². The Bertz CT molecular complexity index is 821. The molecule has 0 aliphatic carbocycles. The van der Waals surface area contributed by atoms with E-state index in [4.69, 9.17) is 23.2 Å². The van der Waals surface area contributed by atoms with Crippen LogP contribution >= 0.6 is 23.2 Å². The highest BCUT2D eigenvalue weighted by atomic mass is 35.5. The van der Waals surface area contributed by atoms with Crippen molar-refractivity contribution in [1.29, 1.82) is 0 Å². The Kier molecular flexibility index (Phi) is 7.06. The molecule has 0 radical (unpaired) electrons. The quantitative estimate of drug-likeness (QED) is 0.447. The summed E-state index contributed by atoms with van der Waals surface area (Å²) in [4.78, 5) is 20.7. The SMILES string of the molecule is CCC(=O)N(c1cc(Cl)c(N=CN(C)CC)cc1C)c1ccccc1Cl. The summed E-state index contributed by atoms with van der Waals surface area (Å²) in [6.07, 6.45) is 2.09.